The van der Waals surface area contributed by atoms with Crippen LogP contribution in [-0.2, 0) is 0 Å². The van der Waals surface area contributed by atoms with Crippen LogP contribution in [0, 0.1) is 5.92 Å². The Hall–Kier alpha value is 0.0900. The summed E-state index contributed by atoms with van der Waals surface area (Å²) in [6, 6.07) is 1.84. The Labute approximate surface area is 121 Å². The largest absolute Gasteiger partial charge is 0.393 e. The van der Waals surface area contributed by atoms with Gasteiger partial charge in [0.2, 0.25) is 0 Å². The normalized spacial score (nSPS) is 21.9. The van der Waals surface area contributed by atoms with Crippen LogP contribution in [0.4, 0.5) is 0 Å². The van der Waals surface area contributed by atoms with Gasteiger partial charge in [-0.15, -0.1) is 11.3 Å². The van der Waals surface area contributed by atoms with Gasteiger partial charge in [-0.1, -0.05) is 0 Å². The molecule has 1 aliphatic heterocycles. The Balaban J connectivity index is 2.07. The van der Waals surface area contributed by atoms with Gasteiger partial charge in [0.15, 0.2) is 0 Å². The molecule has 1 N–H and O–H groups in total. The van der Waals surface area contributed by atoms with E-state index in [4.69, 9.17) is 0 Å². The fourth-order valence-corrected chi connectivity index (χ4v) is 3.98. The van der Waals surface area contributed by atoms with E-state index in [0.717, 1.165) is 26.1 Å². The van der Waals surface area contributed by atoms with Crippen LogP contribution in [0.5, 0.6) is 0 Å². The van der Waals surface area contributed by atoms with E-state index in [0.29, 0.717) is 6.54 Å². The molecule has 2 heterocycles. The minimum absolute atomic E-state index is 0.0598. The highest BCUT2D eigenvalue weighted by molar-refractivity contribution is 9.13. The van der Waals surface area contributed by atoms with Crippen molar-refractivity contribution < 1.29 is 9.90 Å². The minimum Gasteiger partial charge on any atom is -0.393 e. The van der Waals surface area contributed by atoms with Gasteiger partial charge >= 0.3 is 0 Å². The molecule has 94 valence electrons. The van der Waals surface area contributed by atoms with Gasteiger partial charge in [-0.2, -0.15) is 0 Å². The summed E-state index contributed by atoms with van der Waals surface area (Å²) in [7, 11) is 0. The quantitative estimate of drug-likeness (QED) is 0.853. The van der Waals surface area contributed by atoms with Gasteiger partial charge in [-0.3, -0.25) is 4.79 Å². The van der Waals surface area contributed by atoms with Crippen molar-refractivity contribution in [3.63, 3.8) is 0 Å². The third kappa shape index (κ3) is 2.92. The van der Waals surface area contributed by atoms with E-state index in [-0.39, 0.29) is 17.9 Å². The van der Waals surface area contributed by atoms with Gasteiger partial charge in [0.1, 0.15) is 0 Å². The van der Waals surface area contributed by atoms with Crippen molar-refractivity contribution in [2.75, 3.05) is 13.1 Å². The predicted octanol–water partition coefficient (Wildman–Crippen LogP) is 3.12. The standard InChI is InChI=1S/C11H13Br2NO2S/c1-6(15)7-2-3-14(5-7)11(16)9-4-8(12)10(13)17-9/h4,6-7,15H,2-3,5H2,1H3. The zero-order valence-electron chi connectivity index (χ0n) is 9.32. The second kappa shape index (κ2) is 5.38. The average Bonchev–Trinajstić information content (AvgIpc) is 2.86. The minimum atomic E-state index is -0.338. The van der Waals surface area contributed by atoms with Crippen LogP contribution in [0.1, 0.15) is 23.0 Å². The first-order chi connectivity index (χ1) is 7.99. The van der Waals surface area contributed by atoms with Crippen LogP contribution < -0.4 is 0 Å². The van der Waals surface area contributed by atoms with E-state index < -0.39 is 0 Å². The lowest BCUT2D eigenvalue weighted by atomic mass is 10.0. The molecular weight excluding hydrogens is 370 g/mol. The Morgan fingerprint density at radius 2 is 2.35 bits per heavy atom. The van der Waals surface area contributed by atoms with Crippen molar-refractivity contribution in [3.05, 3.63) is 19.2 Å². The molecule has 2 unspecified atom stereocenters. The smallest absolute Gasteiger partial charge is 0.264 e. The molecule has 17 heavy (non-hydrogen) atoms. The predicted molar refractivity (Wildman–Crippen MR) is 75.4 cm³/mol. The Kier molecular flexibility index (Phi) is 4.28. The van der Waals surface area contributed by atoms with Gasteiger partial charge in [0.05, 0.1) is 14.8 Å². The summed E-state index contributed by atoms with van der Waals surface area (Å²) in [5, 5.41) is 9.52. The molecule has 2 rings (SSSR count). The summed E-state index contributed by atoms with van der Waals surface area (Å²) < 4.78 is 1.85. The highest BCUT2D eigenvalue weighted by Gasteiger charge is 2.30. The van der Waals surface area contributed by atoms with Gasteiger partial charge in [-0.05, 0) is 51.3 Å². The molecular formula is C11H13Br2NO2S. The number of likely N-dealkylation sites (tertiary alicyclic amines) is 1. The summed E-state index contributed by atoms with van der Waals surface area (Å²) in [6.45, 7) is 3.18. The molecule has 3 nitrogen and oxygen atoms in total. The van der Waals surface area contributed by atoms with Crippen LogP contribution in [0.2, 0.25) is 0 Å². The second-order valence-corrected chi connectivity index (χ2v) is 7.50. The SMILES string of the molecule is CC(O)C1CCN(C(=O)c2cc(Br)c(Br)s2)C1. The molecule has 0 aliphatic carbocycles. The van der Waals surface area contributed by atoms with Gasteiger partial charge in [-0.25, -0.2) is 0 Å². The monoisotopic (exact) mass is 381 g/mol. The van der Waals surface area contributed by atoms with Crippen LogP contribution >= 0.6 is 43.2 Å². The number of amides is 1. The van der Waals surface area contributed by atoms with Crippen molar-refractivity contribution in [3.8, 4) is 0 Å². The number of halogens is 2. The molecule has 1 saturated heterocycles. The number of nitrogens with zero attached hydrogens (tertiary/aromatic N) is 1. The third-order valence-electron chi connectivity index (χ3n) is 3.05. The molecule has 0 saturated carbocycles. The second-order valence-electron chi connectivity index (χ2n) is 4.27. The van der Waals surface area contributed by atoms with Crippen molar-refractivity contribution >= 4 is 49.1 Å². The zero-order chi connectivity index (χ0) is 12.6. The number of aliphatic hydroxyl groups excluding tert-OH is 1. The van der Waals surface area contributed by atoms with Crippen LogP contribution in [-0.4, -0.2) is 35.1 Å². The van der Waals surface area contributed by atoms with Gasteiger partial charge in [0, 0.05) is 23.5 Å². The summed E-state index contributed by atoms with van der Waals surface area (Å²) >= 11 is 8.20. The van der Waals surface area contributed by atoms with Crippen LogP contribution in [0.3, 0.4) is 0 Å². The van der Waals surface area contributed by atoms with E-state index in [1.807, 2.05) is 11.0 Å². The van der Waals surface area contributed by atoms with Crippen molar-refractivity contribution in [1.82, 2.24) is 4.90 Å². The molecule has 2 atom stereocenters. The lowest BCUT2D eigenvalue weighted by Crippen LogP contribution is -2.29. The lowest BCUT2D eigenvalue weighted by Gasteiger charge is -2.16. The Morgan fingerprint density at radius 1 is 1.65 bits per heavy atom. The molecule has 1 aromatic rings. The highest BCUT2D eigenvalue weighted by Crippen LogP contribution is 2.33. The molecule has 1 aromatic heterocycles. The topological polar surface area (TPSA) is 40.5 Å². The maximum absolute atomic E-state index is 12.2. The summed E-state index contributed by atoms with van der Waals surface area (Å²) in [6.07, 6.45) is 0.548. The van der Waals surface area contributed by atoms with Crippen molar-refractivity contribution in [2.45, 2.75) is 19.4 Å². The molecule has 1 fully saturated rings. The highest BCUT2D eigenvalue weighted by atomic mass is 79.9. The van der Waals surface area contributed by atoms with E-state index in [9.17, 15) is 9.90 Å². The van der Waals surface area contributed by atoms with Crippen molar-refractivity contribution in [1.29, 1.82) is 0 Å². The number of aliphatic hydroxyl groups is 1. The molecule has 0 spiro atoms. The number of carbonyl (C=O) groups is 1. The van der Waals surface area contributed by atoms with Crippen molar-refractivity contribution in [2.24, 2.45) is 5.92 Å². The molecule has 0 bridgehead atoms. The lowest BCUT2D eigenvalue weighted by molar-refractivity contribution is 0.0767. The third-order valence-corrected chi connectivity index (χ3v) is 6.29. The maximum atomic E-state index is 12.2. The van der Waals surface area contributed by atoms with E-state index >= 15 is 0 Å². The van der Waals surface area contributed by atoms with Gasteiger partial charge in [0.25, 0.3) is 5.91 Å². The number of thiophene rings is 1. The summed E-state index contributed by atoms with van der Waals surface area (Å²) in [5.74, 6) is 0.273. The molecule has 0 aromatic carbocycles. The van der Waals surface area contributed by atoms with Crippen LogP contribution in [0.25, 0.3) is 0 Å². The molecule has 1 amide bonds. The van der Waals surface area contributed by atoms with Crippen LogP contribution in [0.15, 0.2) is 14.3 Å². The average molecular weight is 383 g/mol. The number of rotatable bonds is 2. The first-order valence-corrected chi connectivity index (χ1v) is 7.81. The zero-order valence-corrected chi connectivity index (χ0v) is 13.3. The molecule has 0 radical (unpaired) electrons. The Bertz CT molecular complexity index is 414. The fourth-order valence-electron chi connectivity index (χ4n) is 1.97. The number of hydrogen-bond donors (Lipinski definition) is 1. The molecule has 1 aliphatic rings. The summed E-state index contributed by atoms with van der Waals surface area (Å²) in [5.41, 5.74) is 0. The molecule has 6 heteroatoms. The maximum Gasteiger partial charge on any atom is 0.264 e. The fraction of sp³-hybridized carbons (Fsp3) is 0.545. The Morgan fingerprint density at radius 3 is 2.82 bits per heavy atom. The number of hydrogen-bond acceptors (Lipinski definition) is 3. The first-order valence-electron chi connectivity index (χ1n) is 5.41. The van der Waals surface area contributed by atoms with E-state index in [1.165, 1.54) is 11.3 Å². The van der Waals surface area contributed by atoms with Gasteiger partial charge < -0.3 is 10.0 Å². The number of carbonyl (C=O) groups excluding carboxylic acids is 1. The summed E-state index contributed by atoms with van der Waals surface area (Å²) in [4.78, 5) is 14.7. The van der Waals surface area contributed by atoms with E-state index in [2.05, 4.69) is 31.9 Å². The first kappa shape index (κ1) is 13.5. The van der Waals surface area contributed by atoms with E-state index in [1.54, 1.807) is 6.92 Å².